The summed E-state index contributed by atoms with van der Waals surface area (Å²) in [5.41, 5.74) is 0. The third kappa shape index (κ3) is 7.66. The molecule has 3 heteroatoms. The minimum absolute atomic E-state index is 0.339. The first-order valence-corrected chi connectivity index (χ1v) is 8.46. The highest BCUT2D eigenvalue weighted by molar-refractivity contribution is 7.80. The van der Waals surface area contributed by atoms with Gasteiger partial charge in [0.25, 0.3) is 0 Å². The van der Waals surface area contributed by atoms with Gasteiger partial charge in [0.05, 0.1) is 7.05 Å². The van der Waals surface area contributed by atoms with Gasteiger partial charge in [0.15, 0.2) is 0 Å². The number of hydrogen-bond acceptors (Lipinski definition) is 1. The lowest BCUT2D eigenvalue weighted by Crippen LogP contribution is -2.24. The fraction of sp³-hybridized carbons (Fsp3) is 0.812. The van der Waals surface area contributed by atoms with Crippen LogP contribution in [0.3, 0.4) is 0 Å². The van der Waals surface area contributed by atoms with E-state index in [-0.39, 0.29) is 0 Å². The SMILES string of the molecule is CCCCCCCCCCCC(S)n1cc[n+](C)c1. The molecular weight excluding hydrogens is 252 g/mol. The van der Waals surface area contributed by atoms with Crippen LogP contribution < -0.4 is 4.57 Å². The van der Waals surface area contributed by atoms with Crippen molar-refractivity contribution in [3.8, 4) is 0 Å². The van der Waals surface area contributed by atoms with E-state index in [0.717, 1.165) is 0 Å². The Hall–Kier alpha value is -0.440. The summed E-state index contributed by atoms with van der Waals surface area (Å²) in [5.74, 6) is 0. The lowest BCUT2D eigenvalue weighted by molar-refractivity contribution is -0.671. The van der Waals surface area contributed by atoms with Gasteiger partial charge in [0.1, 0.15) is 17.8 Å². The molecule has 0 aromatic carbocycles. The fourth-order valence-corrected chi connectivity index (χ4v) is 2.75. The second kappa shape index (κ2) is 10.4. The summed E-state index contributed by atoms with van der Waals surface area (Å²) < 4.78 is 4.26. The summed E-state index contributed by atoms with van der Waals surface area (Å²) >= 11 is 4.66. The third-order valence-electron chi connectivity index (χ3n) is 3.70. The largest absolute Gasteiger partial charge is 0.244 e. The molecule has 1 aromatic rings. The number of aryl methyl sites for hydroxylation is 1. The molecule has 0 N–H and O–H groups in total. The molecule has 0 saturated heterocycles. The zero-order valence-corrected chi connectivity index (χ0v) is 13.6. The molecule has 0 radical (unpaired) electrons. The molecule has 0 aliphatic heterocycles. The molecule has 0 bridgehead atoms. The van der Waals surface area contributed by atoms with Crippen LogP contribution in [0.15, 0.2) is 18.7 Å². The van der Waals surface area contributed by atoms with Crippen LogP contribution in [-0.4, -0.2) is 4.57 Å². The maximum Gasteiger partial charge on any atom is 0.244 e. The van der Waals surface area contributed by atoms with E-state index in [1.165, 1.54) is 64.2 Å². The van der Waals surface area contributed by atoms with Crippen molar-refractivity contribution in [1.29, 1.82) is 0 Å². The van der Waals surface area contributed by atoms with Gasteiger partial charge in [0, 0.05) is 0 Å². The van der Waals surface area contributed by atoms with Gasteiger partial charge in [-0.05, 0) is 12.8 Å². The molecule has 0 saturated carbocycles. The average Bonchev–Trinajstić information content (AvgIpc) is 2.83. The summed E-state index contributed by atoms with van der Waals surface area (Å²) in [6.07, 6.45) is 20.0. The van der Waals surface area contributed by atoms with E-state index >= 15 is 0 Å². The normalized spacial score (nSPS) is 12.8. The molecule has 1 heterocycles. The third-order valence-corrected chi connectivity index (χ3v) is 4.22. The van der Waals surface area contributed by atoms with E-state index < -0.39 is 0 Å². The molecule has 2 nitrogen and oxygen atoms in total. The van der Waals surface area contributed by atoms with Crippen molar-refractivity contribution in [3.05, 3.63) is 18.7 Å². The summed E-state index contributed by atoms with van der Waals surface area (Å²) in [6, 6.07) is 0. The predicted octanol–water partition coefficient (Wildman–Crippen LogP) is 4.66. The highest BCUT2D eigenvalue weighted by Crippen LogP contribution is 2.19. The van der Waals surface area contributed by atoms with Crippen LogP contribution in [0.5, 0.6) is 0 Å². The van der Waals surface area contributed by atoms with Gasteiger partial charge in [-0.15, -0.1) is 12.6 Å². The molecule has 0 aliphatic carbocycles. The van der Waals surface area contributed by atoms with Crippen LogP contribution in [-0.2, 0) is 7.05 Å². The number of hydrogen-bond donors (Lipinski definition) is 1. The Morgan fingerprint density at radius 3 is 2.11 bits per heavy atom. The molecule has 0 fully saturated rings. The smallest absolute Gasteiger partial charge is 0.240 e. The molecule has 110 valence electrons. The van der Waals surface area contributed by atoms with Crippen molar-refractivity contribution in [1.82, 2.24) is 4.57 Å². The summed E-state index contributed by atoms with van der Waals surface area (Å²) in [4.78, 5) is 0. The fourth-order valence-electron chi connectivity index (χ4n) is 2.43. The maximum atomic E-state index is 4.66. The van der Waals surface area contributed by atoms with Gasteiger partial charge in [-0.2, -0.15) is 0 Å². The monoisotopic (exact) mass is 283 g/mol. The number of rotatable bonds is 11. The highest BCUT2D eigenvalue weighted by Gasteiger charge is 2.10. The number of imidazole rings is 1. The van der Waals surface area contributed by atoms with E-state index in [0.29, 0.717) is 5.37 Å². The van der Waals surface area contributed by atoms with Crippen molar-refractivity contribution in [2.24, 2.45) is 7.05 Å². The zero-order valence-electron chi connectivity index (χ0n) is 12.7. The Labute approximate surface area is 124 Å². The molecule has 0 aliphatic rings. The first-order chi connectivity index (χ1) is 9.24. The summed E-state index contributed by atoms with van der Waals surface area (Å²) in [6.45, 7) is 2.28. The maximum absolute atomic E-state index is 4.66. The molecule has 1 rings (SSSR count). The first-order valence-electron chi connectivity index (χ1n) is 7.95. The van der Waals surface area contributed by atoms with E-state index in [4.69, 9.17) is 0 Å². The van der Waals surface area contributed by atoms with E-state index in [2.05, 4.69) is 54.5 Å². The van der Waals surface area contributed by atoms with Gasteiger partial charge in [-0.25, -0.2) is 9.13 Å². The van der Waals surface area contributed by atoms with Crippen LogP contribution >= 0.6 is 12.6 Å². The van der Waals surface area contributed by atoms with Gasteiger partial charge in [0.2, 0.25) is 6.33 Å². The summed E-state index contributed by atoms with van der Waals surface area (Å²) in [7, 11) is 2.05. The van der Waals surface area contributed by atoms with Gasteiger partial charge < -0.3 is 0 Å². The minimum Gasteiger partial charge on any atom is -0.240 e. The standard InChI is InChI=1S/C16H30N2S/c1-3-4-5-6-7-8-9-10-11-12-16(19)18-14-13-17(2)15-18/h13-16H,3-12H2,1-2H3/p+1. The second-order valence-corrected chi connectivity index (χ2v) is 6.22. The van der Waals surface area contributed by atoms with Gasteiger partial charge >= 0.3 is 0 Å². The lowest BCUT2D eigenvalue weighted by atomic mass is 10.1. The minimum atomic E-state index is 0.339. The van der Waals surface area contributed by atoms with Crippen LogP contribution in [0.2, 0.25) is 0 Å². The van der Waals surface area contributed by atoms with Crippen molar-refractivity contribution in [2.45, 2.75) is 76.5 Å². The average molecular weight is 284 g/mol. The van der Waals surface area contributed by atoms with Crippen LogP contribution in [0, 0.1) is 0 Å². The molecule has 0 amide bonds. The Morgan fingerprint density at radius 2 is 1.58 bits per heavy atom. The van der Waals surface area contributed by atoms with Crippen LogP contribution in [0.25, 0.3) is 0 Å². The van der Waals surface area contributed by atoms with E-state index in [9.17, 15) is 0 Å². The topological polar surface area (TPSA) is 8.81 Å². The highest BCUT2D eigenvalue weighted by atomic mass is 32.1. The quantitative estimate of drug-likeness (QED) is 0.343. The molecular formula is C16H31N2S+. The van der Waals surface area contributed by atoms with Crippen molar-refractivity contribution in [3.63, 3.8) is 0 Å². The van der Waals surface area contributed by atoms with E-state index in [1.54, 1.807) is 0 Å². The van der Waals surface area contributed by atoms with Crippen molar-refractivity contribution >= 4 is 12.6 Å². The zero-order chi connectivity index (χ0) is 13.9. The van der Waals surface area contributed by atoms with Crippen molar-refractivity contribution in [2.75, 3.05) is 0 Å². The number of unbranched alkanes of at least 4 members (excludes halogenated alkanes) is 8. The Morgan fingerprint density at radius 1 is 1.00 bits per heavy atom. The molecule has 0 spiro atoms. The van der Waals surface area contributed by atoms with Gasteiger partial charge in [-0.3, -0.25) is 0 Å². The summed E-state index contributed by atoms with van der Waals surface area (Å²) in [5, 5.41) is 0.339. The molecule has 19 heavy (non-hydrogen) atoms. The van der Waals surface area contributed by atoms with E-state index in [1.807, 2.05) is 0 Å². The number of nitrogens with zero attached hydrogens (tertiary/aromatic N) is 2. The van der Waals surface area contributed by atoms with Crippen molar-refractivity contribution < 1.29 is 4.57 Å². The second-order valence-electron chi connectivity index (χ2n) is 5.62. The predicted molar refractivity (Wildman–Crippen MR) is 85.5 cm³/mol. The Balaban J connectivity index is 1.93. The number of thiol groups is 1. The van der Waals surface area contributed by atoms with Crippen LogP contribution in [0.4, 0.5) is 0 Å². The lowest BCUT2D eigenvalue weighted by Gasteiger charge is -2.07. The first kappa shape index (κ1) is 16.6. The van der Waals surface area contributed by atoms with Crippen LogP contribution in [0.1, 0.15) is 76.5 Å². The Kier molecular flexibility index (Phi) is 9.06. The molecule has 1 unspecified atom stereocenters. The molecule has 1 atom stereocenters. The Bertz CT molecular complexity index is 322. The van der Waals surface area contributed by atoms with Gasteiger partial charge in [-0.1, -0.05) is 58.3 Å². The number of aromatic nitrogens is 2. The molecule has 1 aromatic heterocycles.